The van der Waals surface area contributed by atoms with E-state index in [0.29, 0.717) is 12.6 Å². The smallest absolute Gasteiger partial charge is 0.269 e. The third-order valence-corrected chi connectivity index (χ3v) is 3.13. The van der Waals surface area contributed by atoms with Gasteiger partial charge < -0.3 is 11.1 Å². The van der Waals surface area contributed by atoms with E-state index in [9.17, 15) is 4.79 Å². The number of nitrogens with two attached hydrogens (primary N) is 1. The maximum Gasteiger partial charge on any atom is 0.269 e. The zero-order valence-electron chi connectivity index (χ0n) is 9.21. The van der Waals surface area contributed by atoms with Gasteiger partial charge in [-0.25, -0.2) is 0 Å². The van der Waals surface area contributed by atoms with Gasteiger partial charge in [-0.3, -0.25) is 14.6 Å². The van der Waals surface area contributed by atoms with Crippen molar-refractivity contribution in [3.63, 3.8) is 0 Å². The van der Waals surface area contributed by atoms with Gasteiger partial charge in [0, 0.05) is 25.2 Å². The third-order valence-electron chi connectivity index (χ3n) is 3.13. The molecule has 0 saturated heterocycles. The summed E-state index contributed by atoms with van der Waals surface area (Å²) in [7, 11) is 0. The molecule has 2 heterocycles. The zero-order chi connectivity index (χ0) is 11.0. The highest BCUT2D eigenvalue weighted by Crippen LogP contribution is 2.20. The van der Waals surface area contributed by atoms with Gasteiger partial charge in [0.1, 0.15) is 0 Å². The molecule has 0 saturated carbocycles. The minimum absolute atomic E-state index is 0.0284. The predicted molar refractivity (Wildman–Crippen MR) is 58.7 cm³/mol. The van der Waals surface area contributed by atoms with E-state index < -0.39 is 0 Å². The number of hydrogen-bond acceptors (Lipinski definition) is 3. The summed E-state index contributed by atoms with van der Waals surface area (Å²) in [6.07, 6.45) is 0.992. The van der Waals surface area contributed by atoms with E-state index in [1.807, 2.05) is 4.68 Å². The van der Waals surface area contributed by atoms with Gasteiger partial charge in [-0.05, 0) is 13.3 Å². The van der Waals surface area contributed by atoms with E-state index in [0.717, 1.165) is 24.2 Å². The first-order valence-electron chi connectivity index (χ1n) is 5.44. The topological polar surface area (TPSA) is 75.8 Å². The Bertz CT molecular complexity index is 406. The molecule has 4 N–H and O–H groups in total. The summed E-state index contributed by atoms with van der Waals surface area (Å²) < 4.78 is 1.95. The Hall–Kier alpha value is -1.07. The normalized spacial score (nSPS) is 22.5. The van der Waals surface area contributed by atoms with Crippen molar-refractivity contribution in [2.45, 2.75) is 38.9 Å². The lowest BCUT2D eigenvalue weighted by molar-refractivity contribution is 0.436. The Balaban J connectivity index is 2.51. The number of H-pyrrole nitrogens is 1. The van der Waals surface area contributed by atoms with Crippen molar-refractivity contribution in [3.8, 4) is 0 Å². The molecule has 1 aliphatic heterocycles. The van der Waals surface area contributed by atoms with Crippen molar-refractivity contribution in [2.24, 2.45) is 5.73 Å². The van der Waals surface area contributed by atoms with Crippen molar-refractivity contribution < 1.29 is 0 Å². The number of fused-ring (bicyclic) bond motifs is 1. The van der Waals surface area contributed by atoms with Crippen LogP contribution < -0.4 is 16.6 Å². The van der Waals surface area contributed by atoms with Crippen LogP contribution in [0, 0.1) is 0 Å². The average molecular weight is 210 g/mol. The molecule has 0 spiro atoms. The van der Waals surface area contributed by atoms with Gasteiger partial charge in [-0.2, -0.15) is 0 Å². The van der Waals surface area contributed by atoms with Crippen molar-refractivity contribution in [3.05, 3.63) is 21.6 Å². The van der Waals surface area contributed by atoms with Gasteiger partial charge in [0.05, 0.1) is 11.3 Å². The highest BCUT2D eigenvalue weighted by Gasteiger charge is 2.25. The standard InChI is InChI=1S/C10H18N4O/c1-3-6(2)14-8-5-12-4-7(11)9(8)10(15)13-14/h6-7,12H,3-5,11H2,1-2H3,(H,13,15)/t6-,7+/m1/s1. The van der Waals surface area contributed by atoms with Crippen LogP contribution >= 0.6 is 0 Å². The van der Waals surface area contributed by atoms with Crippen LogP contribution in [0.2, 0.25) is 0 Å². The average Bonchev–Trinajstić information content (AvgIpc) is 2.56. The second kappa shape index (κ2) is 3.83. The molecule has 1 aromatic heterocycles. The molecule has 84 valence electrons. The Morgan fingerprint density at radius 3 is 3.07 bits per heavy atom. The van der Waals surface area contributed by atoms with Crippen molar-refractivity contribution in [2.75, 3.05) is 6.54 Å². The minimum atomic E-state index is -0.178. The van der Waals surface area contributed by atoms with Crippen molar-refractivity contribution >= 4 is 0 Å². The Labute approximate surface area is 88.6 Å². The molecule has 15 heavy (non-hydrogen) atoms. The lowest BCUT2D eigenvalue weighted by Gasteiger charge is -2.22. The molecule has 5 heteroatoms. The summed E-state index contributed by atoms with van der Waals surface area (Å²) in [4.78, 5) is 11.7. The predicted octanol–water partition coefficient (Wildman–Crippen LogP) is 0.250. The van der Waals surface area contributed by atoms with Crippen LogP contribution in [-0.4, -0.2) is 16.3 Å². The fourth-order valence-corrected chi connectivity index (χ4v) is 2.07. The molecule has 0 bridgehead atoms. The highest BCUT2D eigenvalue weighted by atomic mass is 16.1. The van der Waals surface area contributed by atoms with Gasteiger partial charge in [0.15, 0.2) is 0 Å². The molecular weight excluding hydrogens is 192 g/mol. The number of hydrogen-bond donors (Lipinski definition) is 3. The molecule has 0 aromatic carbocycles. The SMILES string of the molecule is CC[C@@H](C)n1[nH]c(=O)c2c1CNC[C@@H]2N. The Morgan fingerprint density at radius 2 is 2.40 bits per heavy atom. The molecule has 2 atom stereocenters. The van der Waals surface area contributed by atoms with E-state index in [-0.39, 0.29) is 11.6 Å². The largest absolute Gasteiger partial charge is 0.323 e. The molecule has 0 aliphatic carbocycles. The molecular formula is C10H18N4O. The number of aromatic nitrogens is 2. The van der Waals surface area contributed by atoms with Gasteiger partial charge in [-0.15, -0.1) is 0 Å². The molecule has 5 nitrogen and oxygen atoms in total. The lowest BCUT2D eigenvalue weighted by Crippen LogP contribution is -2.35. The molecule has 0 fully saturated rings. The van der Waals surface area contributed by atoms with Crippen LogP contribution in [0.5, 0.6) is 0 Å². The summed E-state index contributed by atoms with van der Waals surface area (Å²) in [5, 5.41) is 6.10. The molecule has 1 aliphatic rings. The quantitative estimate of drug-likeness (QED) is 0.655. The van der Waals surface area contributed by atoms with E-state index in [1.165, 1.54) is 0 Å². The number of nitrogens with zero attached hydrogens (tertiary/aromatic N) is 1. The third kappa shape index (κ3) is 1.61. The van der Waals surface area contributed by atoms with E-state index in [4.69, 9.17) is 5.73 Å². The Morgan fingerprint density at radius 1 is 1.67 bits per heavy atom. The summed E-state index contributed by atoms with van der Waals surface area (Å²) in [5.41, 5.74) is 7.66. The summed E-state index contributed by atoms with van der Waals surface area (Å²) in [6.45, 7) is 5.61. The fourth-order valence-electron chi connectivity index (χ4n) is 2.07. The number of aromatic amines is 1. The van der Waals surface area contributed by atoms with Crippen LogP contribution in [0.25, 0.3) is 0 Å². The molecule has 1 aromatic rings. The second-order valence-corrected chi connectivity index (χ2v) is 4.17. The van der Waals surface area contributed by atoms with E-state index in [2.05, 4.69) is 24.3 Å². The minimum Gasteiger partial charge on any atom is -0.323 e. The van der Waals surface area contributed by atoms with Crippen molar-refractivity contribution in [1.82, 2.24) is 15.1 Å². The van der Waals surface area contributed by atoms with Crippen molar-refractivity contribution in [1.29, 1.82) is 0 Å². The first-order valence-corrected chi connectivity index (χ1v) is 5.44. The van der Waals surface area contributed by atoms with Crippen LogP contribution in [0.3, 0.4) is 0 Å². The zero-order valence-corrected chi connectivity index (χ0v) is 9.21. The van der Waals surface area contributed by atoms with Crippen LogP contribution in [0.4, 0.5) is 0 Å². The number of nitrogens with one attached hydrogen (secondary N) is 2. The van der Waals surface area contributed by atoms with Crippen LogP contribution in [0.15, 0.2) is 4.79 Å². The first kappa shape index (κ1) is 10.4. The van der Waals surface area contributed by atoms with E-state index in [1.54, 1.807) is 0 Å². The second-order valence-electron chi connectivity index (χ2n) is 4.17. The molecule has 0 radical (unpaired) electrons. The maximum atomic E-state index is 11.7. The molecule has 0 unspecified atom stereocenters. The van der Waals surface area contributed by atoms with Gasteiger partial charge in [0.25, 0.3) is 5.56 Å². The lowest BCUT2D eigenvalue weighted by atomic mass is 10.0. The maximum absolute atomic E-state index is 11.7. The molecule has 2 rings (SSSR count). The van der Waals surface area contributed by atoms with Gasteiger partial charge in [0.2, 0.25) is 0 Å². The van der Waals surface area contributed by atoms with E-state index >= 15 is 0 Å². The number of rotatable bonds is 2. The highest BCUT2D eigenvalue weighted by molar-refractivity contribution is 5.25. The van der Waals surface area contributed by atoms with Crippen LogP contribution in [-0.2, 0) is 6.54 Å². The van der Waals surface area contributed by atoms with Gasteiger partial charge in [-0.1, -0.05) is 6.92 Å². The first-order chi connectivity index (χ1) is 7.15. The monoisotopic (exact) mass is 210 g/mol. The molecule has 0 amide bonds. The summed E-state index contributed by atoms with van der Waals surface area (Å²) in [6, 6.07) is 0.136. The van der Waals surface area contributed by atoms with Gasteiger partial charge >= 0.3 is 0 Å². The summed E-state index contributed by atoms with van der Waals surface area (Å²) >= 11 is 0. The Kier molecular flexibility index (Phi) is 2.67. The summed E-state index contributed by atoms with van der Waals surface area (Å²) in [5.74, 6) is 0. The van der Waals surface area contributed by atoms with Crippen LogP contribution in [0.1, 0.15) is 43.6 Å². The fraction of sp³-hybridized carbons (Fsp3) is 0.700.